The van der Waals surface area contributed by atoms with E-state index in [1.165, 1.54) is 9.87 Å². The highest BCUT2D eigenvalue weighted by molar-refractivity contribution is 7.92. The Morgan fingerprint density at radius 2 is 2.17 bits per heavy atom. The van der Waals surface area contributed by atoms with Crippen molar-refractivity contribution in [1.29, 1.82) is 0 Å². The lowest BCUT2D eigenvalue weighted by molar-refractivity contribution is 0.593. The Morgan fingerprint density at radius 3 is 2.78 bits per heavy atom. The van der Waals surface area contributed by atoms with Gasteiger partial charge >= 0.3 is 0 Å². The van der Waals surface area contributed by atoms with Crippen LogP contribution in [0.25, 0.3) is 0 Å². The quantitative estimate of drug-likeness (QED) is 0.904. The molecule has 0 saturated carbocycles. The molecule has 0 saturated heterocycles. The number of fused-ring (bicyclic) bond motifs is 1. The van der Waals surface area contributed by atoms with Crippen molar-refractivity contribution in [2.24, 2.45) is 0 Å². The molecule has 18 heavy (non-hydrogen) atoms. The number of sulfonamides is 1. The maximum Gasteiger partial charge on any atom is 0.234 e. The molecule has 1 heterocycles. The average molecular weight is 268 g/mol. The van der Waals surface area contributed by atoms with Crippen LogP contribution < -0.4 is 9.62 Å². The topological polar surface area (TPSA) is 49.4 Å². The highest BCUT2D eigenvalue weighted by Crippen LogP contribution is 2.32. The molecule has 0 aliphatic carbocycles. The fourth-order valence-corrected chi connectivity index (χ4v) is 3.43. The molecular weight excluding hydrogens is 248 g/mol. The Hall–Kier alpha value is -1.07. The van der Waals surface area contributed by atoms with Gasteiger partial charge in [-0.25, -0.2) is 8.42 Å². The zero-order valence-corrected chi connectivity index (χ0v) is 11.9. The molecule has 0 spiro atoms. The average Bonchev–Trinajstić information content (AvgIpc) is 2.81. The molecule has 0 amide bonds. The number of nitrogens with zero attached hydrogens (tertiary/aromatic N) is 1. The Bertz CT molecular complexity index is 540. The van der Waals surface area contributed by atoms with E-state index in [-0.39, 0.29) is 11.8 Å². The zero-order valence-electron chi connectivity index (χ0n) is 11.1. The van der Waals surface area contributed by atoms with Crippen LogP contribution in [-0.2, 0) is 16.4 Å². The van der Waals surface area contributed by atoms with Crippen LogP contribution in [0.15, 0.2) is 18.2 Å². The van der Waals surface area contributed by atoms with Gasteiger partial charge in [-0.3, -0.25) is 4.31 Å². The number of nitrogens with one attached hydrogen (secondary N) is 1. The summed E-state index contributed by atoms with van der Waals surface area (Å²) < 4.78 is 25.4. The standard InChI is InChI=1S/C13H20N2O2S/c1-4-18(16,17)15-8-7-12-9-11(10(2)14-3)5-6-13(12)15/h5-6,9-10,14H,4,7-8H2,1-3H3. The van der Waals surface area contributed by atoms with E-state index < -0.39 is 10.0 Å². The third-order valence-electron chi connectivity index (χ3n) is 3.59. The molecule has 4 nitrogen and oxygen atoms in total. The Kier molecular flexibility index (Phi) is 3.64. The van der Waals surface area contributed by atoms with Crippen LogP contribution in [0.5, 0.6) is 0 Å². The predicted octanol–water partition coefficient (Wildman–Crippen LogP) is 1.68. The zero-order chi connectivity index (χ0) is 13.3. The van der Waals surface area contributed by atoms with Crippen molar-refractivity contribution >= 4 is 15.7 Å². The molecule has 2 rings (SSSR count). The molecule has 1 atom stereocenters. The predicted molar refractivity (Wildman–Crippen MR) is 74.4 cm³/mol. The summed E-state index contributed by atoms with van der Waals surface area (Å²) in [7, 11) is -1.21. The van der Waals surface area contributed by atoms with Crippen molar-refractivity contribution in [3.63, 3.8) is 0 Å². The first-order chi connectivity index (χ1) is 8.49. The van der Waals surface area contributed by atoms with Crippen LogP contribution in [0.3, 0.4) is 0 Å². The van der Waals surface area contributed by atoms with Gasteiger partial charge in [-0.05, 0) is 44.5 Å². The molecule has 100 valence electrons. The van der Waals surface area contributed by atoms with Crippen LogP contribution in [0.2, 0.25) is 0 Å². The minimum absolute atomic E-state index is 0.154. The van der Waals surface area contributed by atoms with Gasteiger partial charge in [-0.1, -0.05) is 12.1 Å². The Labute approximate surface area is 109 Å². The van der Waals surface area contributed by atoms with Gasteiger partial charge in [0.15, 0.2) is 0 Å². The van der Waals surface area contributed by atoms with Gasteiger partial charge in [-0.15, -0.1) is 0 Å². The van der Waals surface area contributed by atoms with Crippen LogP contribution in [0.1, 0.15) is 31.0 Å². The summed E-state index contributed by atoms with van der Waals surface area (Å²) in [6.45, 7) is 4.35. The first-order valence-corrected chi connectivity index (χ1v) is 7.91. The van der Waals surface area contributed by atoms with E-state index in [1.807, 2.05) is 19.2 Å². The first-order valence-electron chi connectivity index (χ1n) is 6.30. The van der Waals surface area contributed by atoms with Crippen LogP contribution >= 0.6 is 0 Å². The third-order valence-corrected chi connectivity index (χ3v) is 5.37. The fraction of sp³-hybridized carbons (Fsp3) is 0.538. The van der Waals surface area contributed by atoms with Crippen molar-refractivity contribution in [3.05, 3.63) is 29.3 Å². The van der Waals surface area contributed by atoms with Crippen molar-refractivity contribution in [3.8, 4) is 0 Å². The van der Waals surface area contributed by atoms with Crippen LogP contribution in [0, 0.1) is 0 Å². The minimum Gasteiger partial charge on any atom is -0.313 e. The van der Waals surface area contributed by atoms with Crippen molar-refractivity contribution < 1.29 is 8.42 Å². The highest BCUT2D eigenvalue weighted by Gasteiger charge is 2.28. The van der Waals surface area contributed by atoms with Gasteiger partial charge in [0.25, 0.3) is 0 Å². The van der Waals surface area contributed by atoms with E-state index in [4.69, 9.17) is 0 Å². The summed E-state index contributed by atoms with van der Waals surface area (Å²) >= 11 is 0. The van der Waals surface area contributed by atoms with Crippen LogP contribution in [0.4, 0.5) is 5.69 Å². The summed E-state index contributed by atoms with van der Waals surface area (Å²) in [5.74, 6) is 0.154. The largest absolute Gasteiger partial charge is 0.313 e. The van der Waals surface area contributed by atoms with Gasteiger partial charge in [0.2, 0.25) is 10.0 Å². The molecule has 1 aliphatic rings. The summed E-state index contributed by atoms with van der Waals surface area (Å²) in [5.41, 5.74) is 3.18. The molecule has 1 aliphatic heterocycles. The minimum atomic E-state index is -3.13. The van der Waals surface area contributed by atoms with E-state index in [0.717, 1.165) is 17.7 Å². The van der Waals surface area contributed by atoms with Gasteiger partial charge in [0.1, 0.15) is 0 Å². The van der Waals surface area contributed by atoms with E-state index >= 15 is 0 Å². The van der Waals surface area contributed by atoms with E-state index in [9.17, 15) is 8.42 Å². The monoisotopic (exact) mass is 268 g/mol. The van der Waals surface area contributed by atoms with Gasteiger partial charge in [0, 0.05) is 12.6 Å². The number of rotatable bonds is 4. The first kappa shape index (κ1) is 13.4. The molecule has 1 aromatic carbocycles. The number of anilines is 1. The molecule has 0 bridgehead atoms. The van der Waals surface area contributed by atoms with E-state index in [2.05, 4.69) is 18.3 Å². The number of hydrogen-bond acceptors (Lipinski definition) is 3. The van der Waals surface area contributed by atoms with E-state index in [1.54, 1.807) is 6.92 Å². The summed E-state index contributed by atoms with van der Waals surface area (Å²) in [6, 6.07) is 6.33. The second-order valence-corrected chi connectivity index (χ2v) is 6.80. The maximum atomic E-state index is 12.0. The molecule has 1 N–H and O–H groups in total. The summed E-state index contributed by atoms with van der Waals surface area (Å²) in [6.07, 6.45) is 0.804. The molecule has 0 fully saturated rings. The Morgan fingerprint density at radius 1 is 1.44 bits per heavy atom. The lowest BCUT2D eigenvalue weighted by Gasteiger charge is -2.19. The summed E-state index contributed by atoms with van der Waals surface area (Å²) in [4.78, 5) is 0. The van der Waals surface area contributed by atoms with Gasteiger partial charge in [0.05, 0.1) is 11.4 Å². The number of benzene rings is 1. The SMILES string of the molecule is CCS(=O)(=O)N1CCc2cc(C(C)NC)ccc21. The molecule has 1 aromatic rings. The molecule has 1 unspecified atom stereocenters. The highest BCUT2D eigenvalue weighted by atomic mass is 32.2. The molecule has 0 aromatic heterocycles. The lowest BCUT2D eigenvalue weighted by atomic mass is 10.0. The molecule has 0 radical (unpaired) electrons. The van der Waals surface area contributed by atoms with E-state index in [0.29, 0.717) is 6.54 Å². The van der Waals surface area contributed by atoms with Crippen molar-refractivity contribution in [2.75, 3.05) is 23.7 Å². The second kappa shape index (κ2) is 4.90. The normalized spacial score (nSPS) is 16.7. The van der Waals surface area contributed by atoms with Crippen molar-refractivity contribution in [2.45, 2.75) is 26.3 Å². The number of hydrogen-bond donors (Lipinski definition) is 1. The molecule has 5 heteroatoms. The van der Waals surface area contributed by atoms with Gasteiger partial charge < -0.3 is 5.32 Å². The fourth-order valence-electron chi connectivity index (χ4n) is 2.27. The van der Waals surface area contributed by atoms with Gasteiger partial charge in [-0.2, -0.15) is 0 Å². The lowest BCUT2D eigenvalue weighted by Crippen LogP contribution is -2.30. The molecular formula is C13H20N2O2S. The summed E-state index contributed by atoms with van der Waals surface area (Å²) in [5, 5.41) is 3.19. The third kappa shape index (κ3) is 2.24. The smallest absolute Gasteiger partial charge is 0.234 e. The van der Waals surface area contributed by atoms with Crippen LogP contribution in [-0.4, -0.2) is 27.8 Å². The Balaban J connectivity index is 2.37. The maximum absolute atomic E-state index is 12.0. The van der Waals surface area contributed by atoms with Crippen molar-refractivity contribution in [1.82, 2.24) is 5.32 Å². The second-order valence-electron chi connectivity index (χ2n) is 4.62.